The van der Waals surface area contributed by atoms with E-state index in [9.17, 15) is 13.6 Å². The highest BCUT2D eigenvalue weighted by Crippen LogP contribution is 2.19. The van der Waals surface area contributed by atoms with E-state index in [0.717, 1.165) is 37.3 Å². The Morgan fingerprint density at radius 3 is 2.21 bits per heavy atom. The molecule has 1 saturated heterocycles. The van der Waals surface area contributed by atoms with Crippen LogP contribution in [0.25, 0.3) is 0 Å². The van der Waals surface area contributed by atoms with E-state index in [1.165, 1.54) is 11.6 Å². The summed E-state index contributed by atoms with van der Waals surface area (Å²) < 4.78 is 26.3. The molecule has 0 bridgehead atoms. The maximum Gasteiger partial charge on any atom is 0.254 e. The van der Waals surface area contributed by atoms with Gasteiger partial charge >= 0.3 is 0 Å². The maximum absolute atomic E-state index is 13.3. The molecule has 1 aliphatic rings. The van der Waals surface area contributed by atoms with Crippen LogP contribution in [0.15, 0.2) is 42.5 Å². The molecule has 0 atom stereocenters. The Labute approximate surface area is 140 Å². The van der Waals surface area contributed by atoms with E-state index in [1.54, 1.807) is 4.90 Å². The zero-order valence-corrected chi connectivity index (χ0v) is 13.6. The minimum absolute atomic E-state index is 0.189. The van der Waals surface area contributed by atoms with Crippen molar-refractivity contribution in [3.63, 3.8) is 0 Å². The lowest BCUT2D eigenvalue weighted by molar-refractivity contribution is 0.0746. The first kappa shape index (κ1) is 16.4. The fraction of sp³-hybridized carbons (Fsp3) is 0.316. The van der Waals surface area contributed by atoms with Crippen molar-refractivity contribution in [3.8, 4) is 0 Å². The number of hydrogen-bond acceptors (Lipinski definition) is 2. The van der Waals surface area contributed by atoms with Crippen molar-refractivity contribution in [2.75, 3.05) is 31.1 Å². The van der Waals surface area contributed by atoms with E-state index in [0.29, 0.717) is 13.1 Å². The predicted molar refractivity (Wildman–Crippen MR) is 90.3 cm³/mol. The quantitative estimate of drug-likeness (QED) is 0.860. The van der Waals surface area contributed by atoms with Gasteiger partial charge in [0.25, 0.3) is 5.91 Å². The smallest absolute Gasteiger partial charge is 0.254 e. The summed E-state index contributed by atoms with van der Waals surface area (Å²) in [5.41, 5.74) is 2.63. The number of aryl methyl sites for hydroxylation is 1. The van der Waals surface area contributed by atoms with Gasteiger partial charge in [-0.05, 0) is 42.3 Å². The molecule has 1 fully saturated rings. The minimum atomic E-state index is -0.990. The summed E-state index contributed by atoms with van der Waals surface area (Å²) in [7, 11) is 0. The topological polar surface area (TPSA) is 23.6 Å². The molecular weight excluding hydrogens is 310 g/mol. The second-order valence-electron chi connectivity index (χ2n) is 5.93. The molecule has 0 radical (unpaired) electrons. The lowest BCUT2D eigenvalue weighted by Gasteiger charge is -2.36. The van der Waals surface area contributed by atoms with E-state index >= 15 is 0 Å². The molecule has 2 aromatic carbocycles. The third-order valence-corrected chi connectivity index (χ3v) is 4.44. The second kappa shape index (κ2) is 6.99. The Morgan fingerprint density at radius 1 is 0.958 bits per heavy atom. The first-order chi connectivity index (χ1) is 11.6. The van der Waals surface area contributed by atoms with Gasteiger partial charge < -0.3 is 9.80 Å². The highest BCUT2D eigenvalue weighted by molar-refractivity contribution is 5.94. The third kappa shape index (κ3) is 3.40. The number of hydrogen-bond donors (Lipinski definition) is 0. The third-order valence-electron chi connectivity index (χ3n) is 4.44. The lowest BCUT2D eigenvalue weighted by atomic mass is 10.1. The highest BCUT2D eigenvalue weighted by atomic mass is 19.2. The van der Waals surface area contributed by atoms with Crippen LogP contribution in [0.2, 0.25) is 0 Å². The Bertz CT molecular complexity index is 723. The number of rotatable bonds is 3. The van der Waals surface area contributed by atoms with Gasteiger partial charge in [0.05, 0.1) is 0 Å². The van der Waals surface area contributed by atoms with Gasteiger partial charge in [0, 0.05) is 37.4 Å². The Kier molecular flexibility index (Phi) is 4.79. The average molecular weight is 330 g/mol. The van der Waals surface area contributed by atoms with E-state index in [2.05, 4.69) is 36.1 Å². The molecule has 0 unspecified atom stereocenters. The van der Waals surface area contributed by atoms with Gasteiger partial charge in [-0.3, -0.25) is 4.79 Å². The number of nitrogens with zero attached hydrogens (tertiary/aromatic N) is 2. The minimum Gasteiger partial charge on any atom is -0.368 e. The van der Waals surface area contributed by atoms with E-state index in [1.807, 2.05) is 0 Å². The van der Waals surface area contributed by atoms with Crippen LogP contribution in [0.5, 0.6) is 0 Å². The molecule has 1 aliphatic heterocycles. The standard InChI is InChI=1S/C19H20F2N2O/c1-2-14-3-6-16(7-4-14)22-9-11-23(12-10-22)19(24)15-5-8-17(20)18(21)13-15/h3-8,13H,2,9-12H2,1H3. The van der Waals surface area contributed by atoms with Crippen LogP contribution in [0, 0.1) is 11.6 Å². The Balaban J connectivity index is 1.63. The predicted octanol–water partition coefficient (Wildman–Crippen LogP) is 3.49. The molecule has 5 heteroatoms. The maximum atomic E-state index is 13.3. The number of carbonyl (C=O) groups is 1. The number of halogens is 2. The van der Waals surface area contributed by atoms with Crippen molar-refractivity contribution >= 4 is 11.6 Å². The fourth-order valence-electron chi connectivity index (χ4n) is 2.92. The number of carbonyl (C=O) groups excluding carboxylic acids is 1. The van der Waals surface area contributed by atoms with Crippen LogP contribution >= 0.6 is 0 Å². The van der Waals surface area contributed by atoms with E-state index in [-0.39, 0.29) is 11.5 Å². The van der Waals surface area contributed by atoms with Gasteiger partial charge in [-0.2, -0.15) is 0 Å². The first-order valence-electron chi connectivity index (χ1n) is 8.16. The molecule has 0 spiro atoms. The van der Waals surface area contributed by atoms with Gasteiger partial charge in [0.15, 0.2) is 11.6 Å². The molecule has 0 N–H and O–H groups in total. The Hall–Kier alpha value is -2.43. The molecule has 0 saturated carbocycles. The molecule has 1 heterocycles. The van der Waals surface area contributed by atoms with Gasteiger partial charge in [0.2, 0.25) is 0 Å². The number of piperazine rings is 1. The fourth-order valence-corrected chi connectivity index (χ4v) is 2.92. The normalized spacial score (nSPS) is 14.8. The van der Waals surface area contributed by atoms with Gasteiger partial charge in [-0.25, -0.2) is 8.78 Å². The van der Waals surface area contributed by atoms with Crippen LogP contribution in [0.1, 0.15) is 22.8 Å². The average Bonchev–Trinajstić information content (AvgIpc) is 2.63. The molecule has 3 rings (SSSR count). The lowest BCUT2D eigenvalue weighted by Crippen LogP contribution is -2.48. The molecule has 1 amide bonds. The number of anilines is 1. The van der Waals surface area contributed by atoms with Gasteiger partial charge in [0.1, 0.15) is 0 Å². The number of amides is 1. The molecular formula is C19H20F2N2O. The summed E-state index contributed by atoms with van der Waals surface area (Å²) in [5, 5.41) is 0. The first-order valence-corrected chi connectivity index (χ1v) is 8.16. The van der Waals surface area contributed by atoms with Crippen LogP contribution in [0.4, 0.5) is 14.5 Å². The van der Waals surface area contributed by atoms with Crippen LogP contribution < -0.4 is 4.90 Å². The molecule has 126 valence electrons. The summed E-state index contributed by atoms with van der Waals surface area (Å²) in [5.74, 6) is -2.18. The summed E-state index contributed by atoms with van der Waals surface area (Å²) in [6, 6.07) is 11.7. The van der Waals surface area contributed by atoms with Gasteiger partial charge in [-0.1, -0.05) is 19.1 Å². The monoisotopic (exact) mass is 330 g/mol. The summed E-state index contributed by atoms with van der Waals surface area (Å²) in [6.45, 7) is 4.69. The largest absolute Gasteiger partial charge is 0.368 e. The van der Waals surface area contributed by atoms with Crippen molar-refractivity contribution in [1.29, 1.82) is 0 Å². The van der Waals surface area contributed by atoms with E-state index in [4.69, 9.17) is 0 Å². The summed E-state index contributed by atoms with van der Waals surface area (Å²) >= 11 is 0. The van der Waals surface area contributed by atoms with Crippen molar-refractivity contribution in [3.05, 3.63) is 65.2 Å². The van der Waals surface area contributed by atoms with Crippen molar-refractivity contribution in [1.82, 2.24) is 4.90 Å². The molecule has 3 nitrogen and oxygen atoms in total. The van der Waals surface area contributed by atoms with Crippen molar-refractivity contribution < 1.29 is 13.6 Å². The SMILES string of the molecule is CCc1ccc(N2CCN(C(=O)c3ccc(F)c(F)c3)CC2)cc1. The summed E-state index contributed by atoms with van der Waals surface area (Å²) in [4.78, 5) is 16.3. The zero-order valence-electron chi connectivity index (χ0n) is 13.6. The summed E-state index contributed by atoms with van der Waals surface area (Å²) in [6.07, 6.45) is 1.01. The molecule has 0 aromatic heterocycles. The second-order valence-corrected chi connectivity index (χ2v) is 5.93. The molecule has 0 aliphatic carbocycles. The number of benzene rings is 2. The molecule has 2 aromatic rings. The van der Waals surface area contributed by atoms with Crippen LogP contribution in [0.3, 0.4) is 0 Å². The van der Waals surface area contributed by atoms with Gasteiger partial charge in [-0.15, -0.1) is 0 Å². The van der Waals surface area contributed by atoms with Crippen molar-refractivity contribution in [2.24, 2.45) is 0 Å². The zero-order chi connectivity index (χ0) is 17.1. The van der Waals surface area contributed by atoms with Crippen molar-refractivity contribution in [2.45, 2.75) is 13.3 Å². The van der Waals surface area contributed by atoms with E-state index < -0.39 is 11.6 Å². The highest BCUT2D eigenvalue weighted by Gasteiger charge is 2.23. The van der Waals surface area contributed by atoms with Crippen LogP contribution in [-0.4, -0.2) is 37.0 Å². The molecule has 24 heavy (non-hydrogen) atoms. The Morgan fingerprint density at radius 2 is 1.62 bits per heavy atom. The van der Waals surface area contributed by atoms with Crippen LogP contribution in [-0.2, 0) is 6.42 Å².